The molecule has 2 N–H and O–H groups in total. The molecule has 0 radical (unpaired) electrons. The van der Waals surface area contributed by atoms with Crippen LogP contribution >= 0.6 is 11.3 Å². The lowest BCUT2D eigenvalue weighted by Gasteiger charge is -2.14. The molecule has 2 rings (SSSR count). The molecule has 0 aliphatic heterocycles. The third-order valence-electron chi connectivity index (χ3n) is 3.91. The SMILES string of the molecule is CCc1n[nH]c(=O)c(C(=O)NC(C)c2csc(C(C)C)n2)c1CC. The third kappa shape index (κ3) is 3.72. The standard InChI is InChI=1S/C17H24N4O2S/c1-6-11-12(7-2)20-21-16(23)14(11)15(22)18-10(5)13-8-24-17(19-13)9(3)4/h8-10H,6-7H2,1-5H3,(H,18,22)(H,21,23). The molecule has 0 bridgehead atoms. The van der Waals surface area contributed by atoms with Gasteiger partial charge in [0.1, 0.15) is 5.56 Å². The van der Waals surface area contributed by atoms with Gasteiger partial charge in [-0.15, -0.1) is 11.3 Å². The van der Waals surface area contributed by atoms with Gasteiger partial charge in [-0.3, -0.25) is 9.59 Å². The summed E-state index contributed by atoms with van der Waals surface area (Å²) in [5.41, 5.74) is 2.00. The second-order valence-electron chi connectivity index (χ2n) is 6.02. The van der Waals surface area contributed by atoms with Crippen molar-refractivity contribution in [1.82, 2.24) is 20.5 Å². The van der Waals surface area contributed by atoms with E-state index in [1.54, 1.807) is 11.3 Å². The number of hydrogen-bond donors (Lipinski definition) is 2. The van der Waals surface area contributed by atoms with E-state index in [0.717, 1.165) is 16.4 Å². The highest BCUT2D eigenvalue weighted by molar-refractivity contribution is 7.09. The molecule has 0 fully saturated rings. The number of thiazole rings is 1. The Kier molecular flexibility index (Phi) is 5.88. The highest BCUT2D eigenvalue weighted by Crippen LogP contribution is 2.23. The molecule has 0 aromatic carbocycles. The van der Waals surface area contributed by atoms with Crippen LogP contribution in [0.3, 0.4) is 0 Å². The molecule has 0 saturated heterocycles. The van der Waals surface area contributed by atoms with E-state index in [-0.39, 0.29) is 17.5 Å². The molecule has 2 aromatic rings. The number of aryl methyl sites for hydroxylation is 1. The largest absolute Gasteiger partial charge is 0.344 e. The molecule has 130 valence electrons. The van der Waals surface area contributed by atoms with Crippen molar-refractivity contribution >= 4 is 17.2 Å². The molecule has 7 heteroatoms. The Morgan fingerprint density at radius 3 is 2.54 bits per heavy atom. The van der Waals surface area contributed by atoms with E-state index in [0.29, 0.717) is 24.3 Å². The first-order valence-corrected chi connectivity index (χ1v) is 9.13. The Bertz CT molecular complexity index is 779. The fraction of sp³-hybridized carbons (Fsp3) is 0.529. The van der Waals surface area contributed by atoms with Gasteiger partial charge in [-0.2, -0.15) is 5.10 Å². The maximum absolute atomic E-state index is 12.7. The average molecular weight is 348 g/mol. The number of rotatable bonds is 6. The van der Waals surface area contributed by atoms with E-state index in [1.165, 1.54) is 0 Å². The first-order chi connectivity index (χ1) is 11.4. The topological polar surface area (TPSA) is 87.7 Å². The van der Waals surface area contributed by atoms with Gasteiger partial charge in [0.15, 0.2) is 0 Å². The van der Waals surface area contributed by atoms with E-state index in [4.69, 9.17) is 0 Å². The van der Waals surface area contributed by atoms with E-state index in [1.807, 2.05) is 26.2 Å². The summed E-state index contributed by atoms with van der Waals surface area (Å²) in [6, 6.07) is -0.261. The molecular formula is C17H24N4O2S. The number of amides is 1. The van der Waals surface area contributed by atoms with Gasteiger partial charge in [0, 0.05) is 11.3 Å². The lowest BCUT2D eigenvalue weighted by Crippen LogP contribution is -2.34. The quantitative estimate of drug-likeness (QED) is 0.840. The van der Waals surface area contributed by atoms with Crippen molar-refractivity contribution in [2.75, 3.05) is 0 Å². The van der Waals surface area contributed by atoms with Crippen LogP contribution in [0.25, 0.3) is 0 Å². The van der Waals surface area contributed by atoms with Crippen LogP contribution in [0.15, 0.2) is 10.2 Å². The smallest absolute Gasteiger partial charge is 0.277 e. The molecule has 2 heterocycles. The highest BCUT2D eigenvalue weighted by Gasteiger charge is 2.21. The van der Waals surface area contributed by atoms with Gasteiger partial charge in [0.25, 0.3) is 11.5 Å². The summed E-state index contributed by atoms with van der Waals surface area (Å²) in [6.45, 7) is 9.92. The Morgan fingerprint density at radius 1 is 1.29 bits per heavy atom. The first kappa shape index (κ1) is 18.3. The van der Waals surface area contributed by atoms with Gasteiger partial charge in [0.2, 0.25) is 0 Å². The van der Waals surface area contributed by atoms with Crippen molar-refractivity contribution in [2.24, 2.45) is 0 Å². The maximum Gasteiger partial charge on any atom is 0.277 e. The van der Waals surface area contributed by atoms with E-state index in [2.05, 4.69) is 34.3 Å². The van der Waals surface area contributed by atoms with Crippen molar-refractivity contribution in [3.8, 4) is 0 Å². The van der Waals surface area contributed by atoms with Gasteiger partial charge in [-0.25, -0.2) is 10.1 Å². The van der Waals surface area contributed by atoms with Crippen LogP contribution in [0.1, 0.15) is 78.9 Å². The molecular weight excluding hydrogens is 324 g/mol. The second kappa shape index (κ2) is 7.70. The molecule has 1 amide bonds. The van der Waals surface area contributed by atoms with Crippen LogP contribution in [-0.4, -0.2) is 21.1 Å². The molecule has 0 aliphatic carbocycles. The number of carbonyl (C=O) groups is 1. The monoisotopic (exact) mass is 348 g/mol. The van der Waals surface area contributed by atoms with Gasteiger partial charge < -0.3 is 5.32 Å². The number of nitrogens with zero attached hydrogens (tertiary/aromatic N) is 2. The minimum absolute atomic E-state index is 0.163. The number of hydrogen-bond acceptors (Lipinski definition) is 5. The van der Waals surface area contributed by atoms with Gasteiger partial charge in [-0.05, 0) is 25.3 Å². The predicted molar refractivity (Wildman–Crippen MR) is 95.7 cm³/mol. The summed E-state index contributed by atoms with van der Waals surface area (Å²) >= 11 is 1.59. The Balaban J connectivity index is 2.27. The van der Waals surface area contributed by atoms with Crippen LogP contribution in [0.2, 0.25) is 0 Å². The zero-order valence-corrected chi connectivity index (χ0v) is 15.6. The van der Waals surface area contributed by atoms with E-state index >= 15 is 0 Å². The van der Waals surface area contributed by atoms with Gasteiger partial charge in [0.05, 0.1) is 22.4 Å². The molecule has 0 spiro atoms. The fourth-order valence-corrected chi connectivity index (χ4v) is 3.47. The Hall–Kier alpha value is -2.02. The number of H-pyrrole nitrogens is 1. The average Bonchev–Trinajstić information content (AvgIpc) is 3.04. The van der Waals surface area contributed by atoms with Gasteiger partial charge >= 0.3 is 0 Å². The summed E-state index contributed by atoms with van der Waals surface area (Å²) in [5.74, 6) is -0.0229. The van der Waals surface area contributed by atoms with Crippen molar-refractivity contribution < 1.29 is 4.79 Å². The zero-order valence-electron chi connectivity index (χ0n) is 14.8. The molecule has 0 saturated carbocycles. The normalized spacial score (nSPS) is 12.4. The van der Waals surface area contributed by atoms with Crippen LogP contribution < -0.4 is 10.9 Å². The third-order valence-corrected chi connectivity index (χ3v) is 5.07. The first-order valence-electron chi connectivity index (χ1n) is 8.25. The van der Waals surface area contributed by atoms with E-state index < -0.39 is 5.56 Å². The van der Waals surface area contributed by atoms with E-state index in [9.17, 15) is 9.59 Å². The zero-order chi connectivity index (χ0) is 17.9. The summed E-state index contributed by atoms with van der Waals surface area (Å²) in [7, 11) is 0. The molecule has 24 heavy (non-hydrogen) atoms. The lowest BCUT2D eigenvalue weighted by atomic mass is 10.0. The van der Waals surface area contributed by atoms with Gasteiger partial charge in [-0.1, -0.05) is 27.7 Å². The van der Waals surface area contributed by atoms with Crippen LogP contribution in [0, 0.1) is 0 Å². The molecule has 0 aliphatic rings. The summed E-state index contributed by atoms with van der Waals surface area (Å²) in [6.07, 6.45) is 1.26. The fourth-order valence-electron chi connectivity index (χ4n) is 2.54. The number of aromatic nitrogens is 3. The van der Waals surface area contributed by atoms with Crippen LogP contribution in [-0.2, 0) is 12.8 Å². The molecule has 6 nitrogen and oxygen atoms in total. The highest BCUT2D eigenvalue weighted by atomic mass is 32.1. The lowest BCUT2D eigenvalue weighted by molar-refractivity contribution is 0.0936. The number of aromatic amines is 1. The minimum Gasteiger partial charge on any atom is -0.344 e. The Morgan fingerprint density at radius 2 is 2.00 bits per heavy atom. The molecule has 1 unspecified atom stereocenters. The predicted octanol–water partition coefficient (Wildman–Crippen LogP) is 2.97. The molecule has 2 aromatic heterocycles. The molecule has 1 atom stereocenters. The maximum atomic E-state index is 12.7. The summed E-state index contributed by atoms with van der Waals surface area (Å²) in [4.78, 5) is 29.3. The number of nitrogens with one attached hydrogen (secondary N) is 2. The van der Waals surface area contributed by atoms with Crippen molar-refractivity contribution in [2.45, 2.75) is 59.4 Å². The number of carbonyl (C=O) groups excluding carboxylic acids is 1. The second-order valence-corrected chi connectivity index (χ2v) is 6.91. The van der Waals surface area contributed by atoms with Crippen LogP contribution in [0.4, 0.5) is 0 Å². The summed E-state index contributed by atoms with van der Waals surface area (Å²) in [5, 5.41) is 12.3. The van der Waals surface area contributed by atoms with Crippen molar-refractivity contribution in [3.05, 3.63) is 43.3 Å². The van der Waals surface area contributed by atoms with Crippen molar-refractivity contribution in [1.29, 1.82) is 0 Å². The minimum atomic E-state index is -0.449. The van der Waals surface area contributed by atoms with Crippen LogP contribution in [0.5, 0.6) is 0 Å². The van der Waals surface area contributed by atoms with Crippen molar-refractivity contribution in [3.63, 3.8) is 0 Å². The summed E-state index contributed by atoms with van der Waals surface area (Å²) < 4.78 is 0. The Labute approximate surface area is 145 Å².